The van der Waals surface area contributed by atoms with E-state index in [0.717, 1.165) is 77.0 Å². The van der Waals surface area contributed by atoms with Crippen molar-refractivity contribution in [2.75, 3.05) is 47.5 Å². The van der Waals surface area contributed by atoms with Crippen molar-refractivity contribution >= 4 is 19.8 Å². The minimum absolute atomic E-state index is 0.0273. The fourth-order valence-corrected chi connectivity index (χ4v) is 7.57. The Kier molecular flexibility index (Phi) is 43.3. The molecule has 1 N–H and O–H groups in total. The van der Waals surface area contributed by atoms with Gasteiger partial charge in [0.1, 0.15) is 19.8 Å². The van der Waals surface area contributed by atoms with Crippen molar-refractivity contribution in [3.05, 3.63) is 60.8 Å². The number of phosphoric acid groups is 1. The molecule has 0 saturated heterocycles. The molecule has 0 aliphatic rings. The second-order valence-corrected chi connectivity index (χ2v) is 19.6. The third kappa shape index (κ3) is 49.0. The highest BCUT2D eigenvalue weighted by molar-refractivity contribution is 7.47. The van der Waals surface area contributed by atoms with Crippen LogP contribution in [0.2, 0.25) is 0 Å². The Morgan fingerprint density at radius 2 is 0.905 bits per heavy atom. The second-order valence-electron chi connectivity index (χ2n) is 18.2. The number of allylic oxidation sites excluding steroid dienone is 10. The highest BCUT2D eigenvalue weighted by Gasteiger charge is 2.27. The van der Waals surface area contributed by atoms with Gasteiger partial charge < -0.3 is 18.9 Å². The van der Waals surface area contributed by atoms with E-state index in [4.69, 9.17) is 18.5 Å². The molecule has 0 spiro atoms. The quantitative estimate of drug-likeness (QED) is 0.0212. The molecule has 0 aromatic carbocycles. The number of phosphoric ester groups is 1. The molecule has 9 nitrogen and oxygen atoms in total. The number of carbonyl (C=O) groups excluding carboxylic acids is 2. The largest absolute Gasteiger partial charge is 0.472 e. The van der Waals surface area contributed by atoms with Crippen LogP contribution in [0.1, 0.15) is 213 Å². The van der Waals surface area contributed by atoms with Crippen molar-refractivity contribution in [2.24, 2.45) is 0 Å². The van der Waals surface area contributed by atoms with Crippen molar-refractivity contribution < 1.29 is 42.1 Å². The van der Waals surface area contributed by atoms with Crippen LogP contribution < -0.4 is 0 Å². The van der Waals surface area contributed by atoms with Crippen molar-refractivity contribution in [2.45, 2.75) is 219 Å². The standard InChI is InChI=1S/C53H96NO8P/c1-6-8-10-12-14-16-18-20-22-24-26-27-28-30-32-34-36-38-40-42-44-46-53(56)62-51(50-61-63(57,58)60-48-47-54(3,4)5)49-59-52(55)45-43-41-39-37-35-33-31-29-25-23-21-19-17-15-13-11-9-7-2/h8,10,14,16,20,22-23,25-27,51H,6-7,9,11-13,15,17-19,21,24,28-50H2,1-5H3/p+1/b10-8-,16-14-,22-20-,25-23-,27-26-. The second kappa shape index (κ2) is 44.9. The Bertz CT molecular complexity index is 1250. The molecule has 0 aliphatic carbocycles. The SMILES string of the molecule is CC/C=C\C/C=C\C/C=C\C/C=C\CCCCCCCCCCC(=O)OC(COC(=O)CCCCCCCCC/C=C\CCCCCCCCC)COP(=O)(O)OCC[N+](C)(C)C. The fourth-order valence-electron chi connectivity index (χ4n) is 6.82. The summed E-state index contributed by atoms with van der Waals surface area (Å²) in [6, 6.07) is 0. The number of rotatable bonds is 46. The maximum Gasteiger partial charge on any atom is 0.472 e. The van der Waals surface area contributed by atoms with Crippen LogP contribution >= 0.6 is 7.82 Å². The molecular formula is C53H97NO8P+. The van der Waals surface area contributed by atoms with Gasteiger partial charge in [-0.15, -0.1) is 0 Å². The summed E-state index contributed by atoms with van der Waals surface area (Å²) in [5.74, 6) is -0.811. The minimum atomic E-state index is -4.39. The number of likely N-dealkylation sites (N-methyl/N-ethyl adjacent to an activating group) is 1. The van der Waals surface area contributed by atoms with Crippen LogP contribution in [0.5, 0.6) is 0 Å². The number of nitrogens with zero attached hydrogens (tertiary/aromatic N) is 1. The van der Waals surface area contributed by atoms with Gasteiger partial charge in [-0.05, 0) is 77.0 Å². The van der Waals surface area contributed by atoms with E-state index in [2.05, 4.69) is 74.6 Å². The van der Waals surface area contributed by atoms with Gasteiger partial charge in [-0.1, -0.05) is 184 Å². The third-order valence-corrected chi connectivity index (χ3v) is 11.8. The van der Waals surface area contributed by atoms with Gasteiger partial charge in [0.05, 0.1) is 27.7 Å². The Balaban J connectivity index is 4.29. The van der Waals surface area contributed by atoms with E-state index in [1.165, 1.54) is 103 Å². The summed E-state index contributed by atoms with van der Waals surface area (Å²) in [7, 11) is 1.46. The summed E-state index contributed by atoms with van der Waals surface area (Å²) in [6.45, 7) is 4.31. The number of esters is 2. The maximum atomic E-state index is 12.8. The lowest BCUT2D eigenvalue weighted by molar-refractivity contribution is -0.870. The fraction of sp³-hybridized carbons (Fsp3) is 0.774. The Labute approximate surface area is 387 Å². The number of quaternary nitrogens is 1. The van der Waals surface area contributed by atoms with Crippen molar-refractivity contribution in [1.29, 1.82) is 0 Å². The van der Waals surface area contributed by atoms with Gasteiger partial charge in [-0.3, -0.25) is 18.6 Å². The number of unbranched alkanes of at least 4 members (excludes halogenated alkanes) is 22. The van der Waals surface area contributed by atoms with Gasteiger partial charge in [0.25, 0.3) is 0 Å². The average Bonchev–Trinajstić information content (AvgIpc) is 3.24. The molecule has 0 aromatic rings. The van der Waals surface area contributed by atoms with Crippen LogP contribution in [0, 0.1) is 0 Å². The van der Waals surface area contributed by atoms with Crippen LogP contribution in [0.15, 0.2) is 60.8 Å². The van der Waals surface area contributed by atoms with Crippen LogP contribution in [-0.2, 0) is 32.7 Å². The van der Waals surface area contributed by atoms with E-state index in [-0.39, 0.29) is 32.0 Å². The first-order valence-electron chi connectivity index (χ1n) is 25.5. The summed E-state index contributed by atoms with van der Waals surface area (Å²) in [5, 5.41) is 0. The molecule has 0 heterocycles. The lowest BCUT2D eigenvalue weighted by Crippen LogP contribution is -2.37. The lowest BCUT2D eigenvalue weighted by atomic mass is 10.1. The van der Waals surface area contributed by atoms with Crippen LogP contribution in [0.25, 0.3) is 0 Å². The average molecular weight is 907 g/mol. The molecule has 63 heavy (non-hydrogen) atoms. The normalized spacial score (nSPS) is 13.9. The molecule has 0 fully saturated rings. The van der Waals surface area contributed by atoms with Crippen LogP contribution in [0.3, 0.4) is 0 Å². The van der Waals surface area contributed by atoms with Gasteiger partial charge in [-0.2, -0.15) is 0 Å². The molecule has 0 amide bonds. The van der Waals surface area contributed by atoms with E-state index >= 15 is 0 Å². The van der Waals surface area contributed by atoms with E-state index in [9.17, 15) is 19.0 Å². The molecule has 2 unspecified atom stereocenters. The van der Waals surface area contributed by atoms with Crippen molar-refractivity contribution in [1.82, 2.24) is 0 Å². The first-order chi connectivity index (χ1) is 30.5. The highest BCUT2D eigenvalue weighted by atomic mass is 31.2. The summed E-state index contributed by atoms with van der Waals surface area (Å²) < 4.78 is 34.4. The molecule has 0 saturated carbocycles. The van der Waals surface area contributed by atoms with Crippen molar-refractivity contribution in [3.8, 4) is 0 Å². The zero-order chi connectivity index (χ0) is 46.4. The van der Waals surface area contributed by atoms with Gasteiger partial charge in [0.2, 0.25) is 0 Å². The van der Waals surface area contributed by atoms with E-state index in [1.807, 2.05) is 21.1 Å². The zero-order valence-electron chi connectivity index (χ0n) is 41.3. The maximum absolute atomic E-state index is 12.8. The third-order valence-electron chi connectivity index (χ3n) is 10.8. The Hall–Kier alpha value is -2.29. The topological polar surface area (TPSA) is 108 Å². The van der Waals surface area contributed by atoms with Crippen molar-refractivity contribution in [3.63, 3.8) is 0 Å². The molecule has 0 radical (unpaired) electrons. The molecule has 2 atom stereocenters. The molecule has 0 bridgehead atoms. The number of carbonyl (C=O) groups is 2. The molecule has 0 aromatic heterocycles. The summed E-state index contributed by atoms with van der Waals surface area (Å²) >= 11 is 0. The molecule has 10 heteroatoms. The molecule has 0 rings (SSSR count). The first-order valence-corrected chi connectivity index (χ1v) is 27.0. The molecular weight excluding hydrogens is 810 g/mol. The first kappa shape index (κ1) is 60.7. The Morgan fingerprint density at radius 3 is 1.37 bits per heavy atom. The number of hydrogen-bond acceptors (Lipinski definition) is 7. The monoisotopic (exact) mass is 907 g/mol. The van der Waals surface area contributed by atoms with Gasteiger partial charge in [-0.25, -0.2) is 4.57 Å². The zero-order valence-corrected chi connectivity index (χ0v) is 42.2. The summed E-state index contributed by atoms with van der Waals surface area (Å²) in [4.78, 5) is 35.6. The number of ether oxygens (including phenoxy) is 2. The lowest BCUT2D eigenvalue weighted by Gasteiger charge is -2.24. The smallest absolute Gasteiger partial charge is 0.462 e. The Morgan fingerprint density at radius 1 is 0.508 bits per heavy atom. The summed E-state index contributed by atoms with van der Waals surface area (Å²) in [5.41, 5.74) is 0. The minimum Gasteiger partial charge on any atom is -0.462 e. The summed E-state index contributed by atoms with van der Waals surface area (Å²) in [6.07, 6.45) is 55.5. The molecule has 0 aliphatic heterocycles. The van der Waals surface area contributed by atoms with E-state index < -0.39 is 26.5 Å². The highest BCUT2D eigenvalue weighted by Crippen LogP contribution is 2.43. The van der Waals surface area contributed by atoms with Crippen LogP contribution in [0.4, 0.5) is 0 Å². The van der Waals surface area contributed by atoms with Crippen LogP contribution in [-0.4, -0.2) is 74.9 Å². The van der Waals surface area contributed by atoms with Gasteiger partial charge in [0, 0.05) is 12.8 Å². The van der Waals surface area contributed by atoms with E-state index in [1.54, 1.807) is 0 Å². The van der Waals surface area contributed by atoms with E-state index in [0.29, 0.717) is 17.4 Å². The molecule has 366 valence electrons. The van der Waals surface area contributed by atoms with Gasteiger partial charge >= 0.3 is 19.8 Å². The van der Waals surface area contributed by atoms with Gasteiger partial charge in [0.15, 0.2) is 6.10 Å². The predicted octanol–water partition coefficient (Wildman–Crippen LogP) is 15.2. The number of hydrogen-bond donors (Lipinski definition) is 1. The predicted molar refractivity (Wildman–Crippen MR) is 266 cm³/mol.